The van der Waals surface area contributed by atoms with Crippen molar-refractivity contribution >= 4 is 5.96 Å². The summed E-state index contributed by atoms with van der Waals surface area (Å²) in [6.45, 7) is 4.90. The third kappa shape index (κ3) is 6.02. The zero-order valence-electron chi connectivity index (χ0n) is 13.4. The van der Waals surface area contributed by atoms with Crippen LogP contribution in [0.3, 0.4) is 0 Å². The number of hydrogen-bond donors (Lipinski definition) is 2. The Kier molecular flexibility index (Phi) is 7.16. The molecule has 0 radical (unpaired) electrons. The average Bonchev–Trinajstić information content (AvgIpc) is 2.79. The topological polar surface area (TPSA) is 39.7 Å². The van der Waals surface area contributed by atoms with Gasteiger partial charge in [-0.15, -0.1) is 0 Å². The molecule has 1 saturated heterocycles. The number of hydrogen-bond acceptors (Lipinski definition) is 2. The van der Waals surface area contributed by atoms with E-state index in [1.165, 1.54) is 50.9 Å². The number of benzene rings is 1. The van der Waals surface area contributed by atoms with Crippen LogP contribution in [-0.2, 0) is 6.54 Å². The van der Waals surface area contributed by atoms with Gasteiger partial charge in [0.05, 0.1) is 0 Å². The van der Waals surface area contributed by atoms with Gasteiger partial charge in [-0.1, -0.05) is 25.0 Å². The Balaban J connectivity index is 1.68. The quantitative estimate of drug-likeness (QED) is 0.648. The molecule has 0 amide bonds. The fourth-order valence-electron chi connectivity index (χ4n) is 2.75. The van der Waals surface area contributed by atoms with Gasteiger partial charge >= 0.3 is 0 Å². The highest BCUT2D eigenvalue weighted by Crippen LogP contribution is 2.08. The van der Waals surface area contributed by atoms with Gasteiger partial charge in [-0.2, -0.15) is 0 Å². The summed E-state index contributed by atoms with van der Waals surface area (Å²) in [5.41, 5.74) is 0.912. The zero-order valence-corrected chi connectivity index (χ0v) is 13.4. The molecule has 2 rings (SSSR count). The number of guanidine groups is 1. The summed E-state index contributed by atoms with van der Waals surface area (Å²) < 4.78 is 13.1. The first-order chi connectivity index (χ1) is 10.8. The Labute approximate surface area is 132 Å². The lowest BCUT2D eigenvalue weighted by Gasteiger charge is -2.20. The SMILES string of the molecule is CN=C(NCCN1CCCCCC1)NCc1cccc(F)c1. The molecule has 0 saturated carbocycles. The molecule has 1 aromatic carbocycles. The van der Waals surface area contributed by atoms with Gasteiger partial charge in [0, 0.05) is 26.7 Å². The molecular weight excluding hydrogens is 279 g/mol. The summed E-state index contributed by atoms with van der Waals surface area (Å²) in [7, 11) is 1.76. The zero-order chi connectivity index (χ0) is 15.6. The maximum Gasteiger partial charge on any atom is 0.191 e. The van der Waals surface area contributed by atoms with Crippen molar-refractivity contribution in [1.82, 2.24) is 15.5 Å². The molecule has 22 heavy (non-hydrogen) atoms. The Morgan fingerprint density at radius 3 is 2.64 bits per heavy atom. The second kappa shape index (κ2) is 9.41. The number of aliphatic imine (C=N–C) groups is 1. The van der Waals surface area contributed by atoms with Gasteiger partial charge in [-0.05, 0) is 43.6 Å². The average molecular weight is 306 g/mol. The second-order valence-corrected chi connectivity index (χ2v) is 5.74. The number of nitrogens with one attached hydrogen (secondary N) is 2. The minimum absolute atomic E-state index is 0.205. The first kappa shape index (κ1) is 16.7. The summed E-state index contributed by atoms with van der Waals surface area (Å²) in [6.07, 6.45) is 5.35. The van der Waals surface area contributed by atoms with Crippen LogP contribution in [0.1, 0.15) is 31.2 Å². The molecule has 1 aliphatic rings. The van der Waals surface area contributed by atoms with Gasteiger partial charge in [-0.3, -0.25) is 4.99 Å². The Hall–Kier alpha value is -1.62. The van der Waals surface area contributed by atoms with Gasteiger partial charge in [0.15, 0.2) is 5.96 Å². The van der Waals surface area contributed by atoms with Crippen LogP contribution in [-0.4, -0.2) is 44.1 Å². The molecule has 5 heteroatoms. The van der Waals surface area contributed by atoms with Crippen molar-refractivity contribution in [3.05, 3.63) is 35.6 Å². The van der Waals surface area contributed by atoms with Gasteiger partial charge in [0.25, 0.3) is 0 Å². The van der Waals surface area contributed by atoms with Crippen molar-refractivity contribution in [1.29, 1.82) is 0 Å². The highest BCUT2D eigenvalue weighted by atomic mass is 19.1. The van der Waals surface area contributed by atoms with Crippen LogP contribution < -0.4 is 10.6 Å². The van der Waals surface area contributed by atoms with E-state index in [1.54, 1.807) is 13.1 Å². The van der Waals surface area contributed by atoms with Crippen LogP contribution in [0.2, 0.25) is 0 Å². The minimum atomic E-state index is -0.205. The largest absolute Gasteiger partial charge is 0.355 e. The van der Waals surface area contributed by atoms with E-state index in [0.29, 0.717) is 6.54 Å². The van der Waals surface area contributed by atoms with Crippen molar-refractivity contribution in [3.63, 3.8) is 0 Å². The van der Waals surface area contributed by atoms with E-state index >= 15 is 0 Å². The fraction of sp³-hybridized carbons (Fsp3) is 0.588. The summed E-state index contributed by atoms with van der Waals surface area (Å²) in [6, 6.07) is 6.62. The smallest absolute Gasteiger partial charge is 0.191 e. The lowest BCUT2D eigenvalue weighted by atomic mass is 10.2. The van der Waals surface area contributed by atoms with Crippen molar-refractivity contribution < 1.29 is 4.39 Å². The maximum atomic E-state index is 13.1. The Bertz CT molecular complexity index is 467. The molecule has 2 N–H and O–H groups in total. The first-order valence-electron chi connectivity index (χ1n) is 8.19. The van der Waals surface area contributed by atoms with Crippen LogP contribution in [0.4, 0.5) is 4.39 Å². The molecule has 1 heterocycles. The van der Waals surface area contributed by atoms with Crippen LogP contribution in [0.5, 0.6) is 0 Å². The molecule has 0 aromatic heterocycles. The molecule has 0 aliphatic carbocycles. The van der Waals surface area contributed by atoms with Crippen molar-refractivity contribution in [2.75, 3.05) is 33.2 Å². The highest BCUT2D eigenvalue weighted by Gasteiger charge is 2.08. The van der Waals surface area contributed by atoms with E-state index in [2.05, 4.69) is 20.5 Å². The van der Waals surface area contributed by atoms with E-state index < -0.39 is 0 Å². The summed E-state index contributed by atoms with van der Waals surface area (Å²) in [5.74, 6) is 0.558. The third-order valence-corrected chi connectivity index (χ3v) is 3.99. The fourth-order valence-corrected chi connectivity index (χ4v) is 2.75. The van der Waals surface area contributed by atoms with Crippen molar-refractivity contribution in [2.24, 2.45) is 4.99 Å². The van der Waals surface area contributed by atoms with Crippen molar-refractivity contribution in [3.8, 4) is 0 Å². The lowest BCUT2D eigenvalue weighted by Crippen LogP contribution is -2.41. The van der Waals surface area contributed by atoms with Gasteiger partial charge in [-0.25, -0.2) is 4.39 Å². The number of likely N-dealkylation sites (tertiary alicyclic amines) is 1. The monoisotopic (exact) mass is 306 g/mol. The Morgan fingerprint density at radius 1 is 1.18 bits per heavy atom. The number of halogens is 1. The molecule has 4 nitrogen and oxygen atoms in total. The number of nitrogens with zero attached hydrogens (tertiary/aromatic N) is 2. The normalized spacial score (nSPS) is 17.1. The molecular formula is C17H27FN4. The van der Waals surface area contributed by atoms with E-state index in [-0.39, 0.29) is 5.82 Å². The van der Waals surface area contributed by atoms with E-state index in [1.807, 2.05) is 6.07 Å². The molecule has 1 fully saturated rings. The molecule has 0 atom stereocenters. The summed E-state index contributed by atoms with van der Waals surface area (Å²) in [4.78, 5) is 6.72. The predicted octanol–water partition coefficient (Wildman–Crippen LogP) is 2.37. The molecule has 0 unspecified atom stereocenters. The van der Waals surface area contributed by atoms with Gasteiger partial charge in [0.2, 0.25) is 0 Å². The second-order valence-electron chi connectivity index (χ2n) is 5.74. The summed E-state index contributed by atoms with van der Waals surface area (Å²) in [5, 5.41) is 6.54. The molecule has 0 spiro atoms. The van der Waals surface area contributed by atoms with Gasteiger partial charge < -0.3 is 15.5 Å². The maximum absolute atomic E-state index is 13.1. The highest BCUT2D eigenvalue weighted by molar-refractivity contribution is 5.79. The van der Waals surface area contributed by atoms with E-state index in [0.717, 1.165) is 24.6 Å². The van der Waals surface area contributed by atoms with Crippen LogP contribution in [0.15, 0.2) is 29.3 Å². The molecule has 122 valence electrons. The van der Waals surface area contributed by atoms with Crippen LogP contribution in [0, 0.1) is 5.82 Å². The predicted molar refractivity (Wildman–Crippen MR) is 89.5 cm³/mol. The first-order valence-corrected chi connectivity index (χ1v) is 8.19. The number of rotatable bonds is 5. The van der Waals surface area contributed by atoms with Crippen LogP contribution in [0.25, 0.3) is 0 Å². The molecule has 0 bridgehead atoms. The Morgan fingerprint density at radius 2 is 1.95 bits per heavy atom. The van der Waals surface area contributed by atoms with E-state index in [9.17, 15) is 4.39 Å². The molecule has 1 aromatic rings. The minimum Gasteiger partial charge on any atom is -0.355 e. The summed E-state index contributed by atoms with van der Waals surface area (Å²) >= 11 is 0. The lowest BCUT2D eigenvalue weighted by molar-refractivity contribution is 0.289. The van der Waals surface area contributed by atoms with Crippen molar-refractivity contribution in [2.45, 2.75) is 32.2 Å². The molecule has 1 aliphatic heterocycles. The standard InChI is InChI=1S/C17H27FN4/c1-19-17(21-14-15-7-6-8-16(18)13-15)20-9-12-22-10-4-2-3-5-11-22/h6-8,13H,2-5,9-12,14H2,1H3,(H2,19,20,21). The third-order valence-electron chi connectivity index (χ3n) is 3.99. The van der Waals surface area contributed by atoms with E-state index in [4.69, 9.17) is 0 Å². The van der Waals surface area contributed by atoms with Gasteiger partial charge in [0.1, 0.15) is 5.82 Å². The van der Waals surface area contributed by atoms with Crippen LogP contribution >= 0.6 is 0 Å².